The molecule has 8 heteroatoms. The first-order valence-corrected chi connectivity index (χ1v) is 9.05. The van der Waals surface area contributed by atoms with Gasteiger partial charge < -0.3 is 24.3 Å². The fraction of sp³-hybridized carbons (Fsp3) is 0.263. The number of methoxy groups -OCH3 is 3. The van der Waals surface area contributed by atoms with Gasteiger partial charge in [-0.3, -0.25) is 4.79 Å². The van der Waals surface area contributed by atoms with E-state index in [4.69, 9.17) is 18.9 Å². The van der Waals surface area contributed by atoms with E-state index >= 15 is 0 Å². The summed E-state index contributed by atoms with van der Waals surface area (Å²) < 4.78 is 21.6. The largest absolute Gasteiger partial charge is 0.496 e. The van der Waals surface area contributed by atoms with Gasteiger partial charge in [0.15, 0.2) is 18.1 Å². The summed E-state index contributed by atoms with van der Waals surface area (Å²) in [7, 11) is 4.58. The number of hydrogen-bond acceptors (Lipinski definition) is 6. The Labute approximate surface area is 171 Å². The molecule has 0 saturated heterocycles. The molecule has 0 saturated carbocycles. The maximum atomic E-state index is 12.0. The van der Waals surface area contributed by atoms with Crippen molar-refractivity contribution in [1.82, 2.24) is 5.32 Å². The topological polar surface area (TPSA) is 83.1 Å². The van der Waals surface area contributed by atoms with Crippen molar-refractivity contribution in [2.75, 3.05) is 27.9 Å². The van der Waals surface area contributed by atoms with Crippen molar-refractivity contribution in [1.29, 1.82) is 0 Å². The predicted octanol–water partition coefficient (Wildman–Crippen LogP) is 2.79. The quantitative estimate of drug-likeness (QED) is 0.458. The molecule has 2 aromatic rings. The van der Waals surface area contributed by atoms with E-state index in [2.05, 4.69) is 5.32 Å². The first-order valence-electron chi connectivity index (χ1n) is 7.97. The molecule has 0 fully saturated rings. The summed E-state index contributed by atoms with van der Waals surface area (Å²) in [5.41, 5.74) is 1.12. The standard InChI is InChI=1S/C19H20INO6/c1-24-15-9-17(26-3)16(25-2)8-12(15)10-21-18(22)11-27-19(23)13-6-4-5-7-14(13)20/h4-9H,10-11H2,1-3H3,(H,21,22). The molecule has 0 aliphatic heterocycles. The van der Waals surface area contributed by atoms with Crippen LogP contribution in [0, 0.1) is 3.57 Å². The van der Waals surface area contributed by atoms with Crippen molar-refractivity contribution in [3.05, 3.63) is 51.1 Å². The maximum Gasteiger partial charge on any atom is 0.339 e. The van der Waals surface area contributed by atoms with Gasteiger partial charge in [0.2, 0.25) is 0 Å². The second kappa shape index (κ2) is 10.0. The van der Waals surface area contributed by atoms with E-state index in [0.29, 0.717) is 28.4 Å². The number of amides is 1. The van der Waals surface area contributed by atoms with E-state index in [1.807, 2.05) is 28.7 Å². The zero-order valence-electron chi connectivity index (χ0n) is 15.2. The van der Waals surface area contributed by atoms with Crippen molar-refractivity contribution in [2.45, 2.75) is 6.54 Å². The van der Waals surface area contributed by atoms with Gasteiger partial charge in [0, 0.05) is 21.7 Å². The lowest BCUT2D eigenvalue weighted by atomic mass is 10.1. The molecule has 27 heavy (non-hydrogen) atoms. The van der Waals surface area contributed by atoms with E-state index < -0.39 is 11.9 Å². The number of nitrogens with one attached hydrogen (secondary N) is 1. The van der Waals surface area contributed by atoms with Gasteiger partial charge in [0.05, 0.1) is 26.9 Å². The maximum absolute atomic E-state index is 12.0. The lowest BCUT2D eigenvalue weighted by Gasteiger charge is -2.14. The van der Waals surface area contributed by atoms with Gasteiger partial charge in [-0.15, -0.1) is 0 Å². The molecule has 0 spiro atoms. The first kappa shape index (κ1) is 20.8. The molecule has 2 rings (SSSR count). The molecule has 0 aliphatic carbocycles. The highest BCUT2D eigenvalue weighted by atomic mass is 127. The Morgan fingerprint density at radius 1 is 0.963 bits per heavy atom. The van der Waals surface area contributed by atoms with Crippen LogP contribution >= 0.6 is 22.6 Å². The Hall–Kier alpha value is -2.49. The number of carbonyl (C=O) groups is 2. The Balaban J connectivity index is 1.95. The van der Waals surface area contributed by atoms with Gasteiger partial charge in [0.25, 0.3) is 5.91 Å². The van der Waals surface area contributed by atoms with Crippen LogP contribution in [-0.4, -0.2) is 39.8 Å². The summed E-state index contributed by atoms with van der Waals surface area (Å²) in [6.45, 7) is -0.192. The molecule has 0 atom stereocenters. The summed E-state index contributed by atoms with van der Waals surface area (Å²) >= 11 is 2.04. The highest BCUT2D eigenvalue weighted by molar-refractivity contribution is 14.1. The second-order valence-electron chi connectivity index (χ2n) is 5.35. The molecule has 0 aromatic heterocycles. The van der Waals surface area contributed by atoms with Crippen LogP contribution in [0.4, 0.5) is 0 Å². The van der Waals surface area contributed by atoms with Gasteiger partial charge in [-0.25, -0.2) is 4.79 Å². The first-order chi connectivity index (χ1) is 13.0. The Kier molecular flexibility index (Phi) is 7.71. The summed E-state index contributed by atoms with van der Waals surface area (Å²) in [6, 6.07) is 10.4. The lowest BCUT2D eigenvalue weighted by Crippen LogP contribution is -2.28. The van der Waals surface area contributed by atoms with Crippen LogP contribution < -0.4 is 19.5 Å². The fourth-order valence-corrected chi connectivity index (χ4v) is 2.92. The summed E-state index contributed by atoms with van der Waals surface area (Å²) in [4.78, 5) is 24.1. The normalized spacial score (nSPS) is 10.1. The predicted molar refractivity (Wildman–Crippen MR) is 107 cm³/mol. The summed E-state index contributed by atoms with van der Waals surface area (Å²) in [5.74, 6) is 0.622. The lowest BCUT2D eigenvalue weighted by molar-refractivity contribution is -0.124. The van der Waals surface area contributed by atoms with Gasteiger partial charge >= 0.3 is 5.97 Å². The molecule has 0 heterocycles. The smallest absolute Gasteiger partial charge is 0.339 e. The Morgan fingerprint density at radius 3 is 2.22 bits per heavy atom. The van der Waals surface area contributed by atoms with Crippen molar-refractivity contribution in [3.8, 4) is 17.2 Å². The zero-order chi connectivity index (χ0) is 19.8. The van der Waals surface area contributed by atoms with Crippen LogP contribution in [0.2, 0.25) is 0 Å². The van der Waals surface area contributed by atoms with E-state index in [1.54, 1.807) is 30.3 Å². The fourth-order valence-electron chi connectivity index (χ4n) is 2.31. The number of carbonyl (C=O) groups excluding carboxylic acids is 2. The number of ether oxygens (including phenoxy) is 4. The van der Waals surface area contributed by atoms with Gasteiger partial charge in [0.1, 0.15) is 5.75 Å². The minimum absolute atomic E-state index is 0.183. The molecule has 7 nitrogen and oxygen atoms in total. The molecule has 0 unspecified atom stereocenters. The minimum Gasteiger partial charge on any atom is -0.496 e. The van der Waals surface area contributed by atoms with E-state index in [0.717, 1.165) is 3.57 Å². The van der Waals surface area contributed by atoms with Crippen molar-refractivity contribution >= 4 is 34.5 Å². The van der Waals surface area contributed by atoms with E-state index in [-0.39, 0.29) is 13.2 Å². The van der Waals surface area contributed by atoms with E-state index in [9.17, 15) is 9.59 Å². The third-order valence-electron chi connectivity index (χ3n) is 3.69. The average molecular weight is 485 g/mol. The number of benzene rings is 2. The highest BCUT2D eigenvalue weighted by Crippen LogP contribution is 2.34. The molecule has 1 amide bonds. The summed E-state index contributed by atoms with van der Waals surface area (Å²) in [6.07, 6.45) is 0. The van der Waals surface area contributed by atoms with Crippen LogP contribution in [-0.2, 0) is 16.1 Å². The third-order valence-corrected chi connectivity index (χ3v) is 4.63. The number of hydrogen-bond donors (Lipinski definition) is 1. The molecule has 144 valence electrons. The van der Waals surface area contributed by atoms with Crippen LogP contribution in [0.15, 0.2) is 36.4 Å². The molecular weight excluding hydrogens is 465 g/mol. The molecule has 0 aliphatic rings. The molecule has 0 bridgehead atoms. The van der Waals surface area contributed by atoms with Crippen molar-refractivity contribution in [3.63, 3.8) is 0 Å². The zero-order valence-corrected chi connectivity index (χ0v) is 17.4. The average Bonchev–Trinajstić information content (AvgIpc) is 2.69. The van der Waals surface area contributed by atoms with Crippen LogP contribution in [0.25, 0.3) is 0 Å². The number of halogens is 1. The molecule has 0 radical (unpaired) electrons. The Bertz CT molecular complexity index is 824. The van der Waals surface area contributed by atoms with Crippen molar-refractivity contribution in [2.24, 2.45) is 0 Å². The summed E-state index contributed by atoms with van der Waals surface area (Å²) in [5, 5.41) is 2.69. The molecule has 2 aromatic carbocycles. The molecular formula is C19H20INO6. The van der Waals surface area contributed by atoms with Crippen molar-refractivity contribution < 1.29 is 28.5 Å². The van der Waals surface area contributed by atoms with Gasteiger partial charge in [-0.1, -0.05) is 12.1 Å². The highest BCUT2D eigenvalue weighted by Gasteiger charge is 2.15. The SMILES string of the molecule is COc1cc(OC)c(OC)cc1CNC(=O)COC(=O)c1ccccc1I. The number of rotatable bonds is 8. The monoisotopic (exact) mass is 485 g/mol. The van der Waals surface area contributed by atoms with Gasteiger partial charge in [-0.05, 0) is 40.8 Å². The second-order valence-corrected chi connectivity index (χ2v) is 6.51. The van der Waals surface area contributed by atoms with Crippen LogP contribution in [0.5, 0.6) is 17.2 Å². The minimum atomic E-state index is -0.543. The van der Waals surface area contributed by atoms with E-state index in [1.165, 1.54) is 21.3 Å². The van der Waals surface area contributed by atoms with Crippen LogP contribution in [0.3, 0.4) is 0 Å². The van der Waals surface area contributed by atoms with Crippen LogP contribution in [0.1, 0.15) is 15.9 Å². The van der Waals surface area contributed by atoms with Gasteiger partial charge in [-0.2, -0.15) is 0 Å². The Morgan fingerprint density at radius 2 is 1.59 bits per heavy atom. The number of esters is 1. The third kappa shape index (κ3) is 5.49. The molecule has 1 N–H and O–H groups in total.